The van der Waals surface area contributed by atoms with Crippen molar-refractivity contribution in [1.82, 2.24) is 10.2 Å². The largest absolute Gasteiger partial charge is 0.494 e. The monoisotopic (exact) mass is 341 g/mol. The zero-order chi connectivity index (χ0) is 15.5. The van der Waals surface area contributed by atoms with Gasteiger partial charge in [0, 0.05) is 15.6 Å². The van der Waals surface area contributed by atoms with Crippen molar-refractivity contribution in [2.24, 2.45) is 0 Å². The summed E-state index contributed by atoms with van der Waals surface area (Å²) in [6.07, 6.45) is 1.37. The van der Waals surface area contributed by atoms with E-state index in [0.717, 1.165) is 0 Å². The summed E-state index contributed by atoms with van der Waals surface area (Å²) in [7, 11) is 0. The first-order valence-electron chi connectivity index (χ1n) is 6.18. The summed E-state index contributed by atoms with van der Waals surface area (Å²) < 4.78 is 15.7. The molecule has 1 aliphatic rings. The van der Waals surface area contributed by atoms with E-state index >= 15 is 0 Å². The molecule has 3 rings (SSSR count). The Bertz CT molecular complexity index is 724. The van der Waals surface area contributed by atoms with E-state index in [9.17, 15) is 4.79 Å². The Labute approximate surface area is 134 Å². The minimum Gasteiger partial charge on any atom is -0.494 e. The standard InChI is InChI=1S/C13H9Cl2N3O4/c14-8-3-7(4-9(15)5-8)11(19)16-13-18-17-12(22-13)10-6-20-1-2-21-10/h3-6H,1-2H2,(H,16,18,19). The highest BCUT2D eigenvalue weighted by Gasteiger charge is 2.18. The van der Waals surface area contributed by atoms with Crippen molar-refractivity contribution in [3.8, 4) is 0 Å². The van der Waals surface area contributed by atoms with E-state index in [2.05, 4.69) is 15.5 Å². The van der Waals surface area contributed by atoms with Crippen molar-refractivity contribution in [2.45, 2.75) is 0 Å². The molecule has 114 valence electrons. The highest BCUT2D eigenvalue weighted by atomic mass is 35.5. The summed E-state index contributed by atoms with van der Waals surface area (Å²) in [5.41, 5.74) is 0.272. The van der Waals surface area contributed by atoms with Crippen molar-refractivity contribution < 1.29 is 18.7 Å². The zero-order valence-corrected chi connectivity index (χ0v) is 12.5. The van der Waals surface area contributed by atoms with Gasteiger partial charge in [0.1, 0.15) is 19.5 Å². The molecule has 0 spiro atoms. The highest BCUT2D eigenvalue weighted by molar-refractivity contribution is 6.35. The third-order valence-electron chi connectivity index (χ3n) is 2.63. The minimum absolute atomic E-state index is 0.0776. The SMILES string of the molecule is O=C(Nc1nnc(C2=COCCO2)o1)c1cc(Cl)cc(Cl)c1. The maximum absolute atomic E-state index is 12.1. The molecular weight excluding hydrogens is 333 g/mol. The van der Waals surface area contributed by atoms with E-state index in [-0.39, 0.29) is 17.5 Å². The minimum atomic E-state index is -0.477. The summed E-state index contributed by atoms with van der Waals surface area (Å²) in [6, 6.07) is 4.39. The predicted octanol–water partition coefficient (Wildman–Crippen LogP) is 2.97. The van der Waals surface area contributed by atoms with E-state index in [1.165, 1.54) is 24.5 Å². The van der Waals surface area contributed by atoms with E-state index in [1.54, 1.807) is 0 Å². The van der Waals surface area contributed by atoms with Crippen LogP contribution in [0.15, 0.2) is 28.9 Å². The molecule has 1 N–H and O–H groups in total. The van der Waals surface area contributed by atoms with E-state index in [0.29, 0.717) is 29.0 Å². The van der Waals surface area contributed by atoms with Gasteiger partial charge in [-0.15, -0.1) is 5.10 Å². The number of carbonyl (C=O) groups excluding carboxylic acids is 1. The molecule has 0 saturated heterocycles. The fourth-order valence-corrected chi connectivity index (χ4v) is 2.23. The Kier molecular flexibility index (Phi) is 4.17. The number of anilines is 1. The van der Waals surface area contributed by atoms with Crippen LogP contribution in [0.1, 0.15) is 16.2 Å². The molecule has 2 aromatic rings. The number of nitrogens with zero attached hydrogens (tertiary/aromatic N) is 2. The highest BCUT2D eigenvalue weighted by Crippen LogP contribution is 2.21. The van der Waals surface area contributed by atoms with Crippen LogP contribution in [0.4, 0.5) is 6.01 Å². The first-order valence-corrected chi connectivity index (χ1v) is 6.93. The number of amides is 1. The summed E-state index contributed by atoms with van der Waals surface area (Å²) in [6.45, 7) is 0.841. The summed E-state index contributed by atoms with van der Waals surface area (Å²) in [5, 5.41) is 10.6. The molecular formula is C13H9Cl2N3O4. The molecule has 0 aliphatic carbocycles. The molecule has 7 nitrogen and oxygen atoms in total. The average molecular weight is 342 g/mol. The Hall–Kier alpha value is -2.25. The lowest BCUT2D eigenvalue weighted by Gasteiger charge is -2.11. The maximum atomic E-state index is 12.1. The smallest absolute Gasteiger partial charge is 0.322 e. The molecule has 1 aromatic heterocycles. The van der Waals surface area contributed by atoms with Crippen LogP contribution < -0.4 is 5.32 Å². The topological polar surface area (TPSA) is 86.5 Å². The Morgan fingerprint density at radius 1 is 1.14 bits per heavy atom. The first-order chi connectivity index (χ1) is 10.6. The van der Waals surface area contributed by atoms with Gasteiger partial charge in [-0.25, -0.2) is 0 Å². The number of aromatic nitrogens is 2. The second-order valence-corrected chi connectivity index (χ2v) is 5.10. The molecule has 0 fully saturated rings. The molecule has 0 saturated carbocycles. The fourth-order valence-electron chi connectivity index (χ4n) is 1.71. The molecule has 0 radical (unpaired) electrons. The molecule has 9 heteroatoms. The second-order valence-electron chi connectivity index (χ2n) is 4.23. The number of halogens is 2. The van der Waals surface area contributed by atoms with Gasteiger partial charge >= 0.3 is 6.01 Å². The van der Waals surface area contributed by atoms with Gasteiger partial charge < -0.3 is 13.9 Å². The van der Waals surface area contributed by atoms with Crippen LogP contribution >= 0.6 is 23.2 Å². The van der Waals surface area contributed by atoms with Crippen LogP contribution in [0.3, 0.4) is 0 Å². The van der Waals surface area contributed by atoms with Gasteiger partial charge in [-0.05, 0) is 18.2 Å². The van der Waals surface area contributed by atoms with Crippen molar-refractivity contribution in [3.05, 3.63) is 46.0 Å². The Balaban J connectivity index is 1.74. The normalized spacial score (nSPS) is 13.8. The molecule has 22 heavy (non-hydrogen) atoms. The number of benzene rings is 1. The van der Waals surface area contributed by atoms with Crippen LogP contribution in [-0.4, -0.2) is 29.3 Å². The van der Waals surface area contributed by atoms with Crippen LogP contribution in [0.2, 0.25) is 10.0 Å². The van der Waals surface area contributed by atoms with E-state index in [4.69, 9.17) is 37.1 Å². The Morgan fingerprint density at radius 2 is 1.91 bits per heavy atom. The van der Waals surface area contributed by atoms with Crippen molar-refractivity contribution in [2.75, 3.05) is 18.5 Å². The lowest BCUT2D eigenvalue weighted by atomic mass is 10.2. The first kappa shape index (κ1) is 14.7. The lowest BCUT2D eigenvalue weighted by molar-refractivity contribution is 0.102. The van der Waals surface area contributed by atoms with Gasteiger partial charge in [-0.1, -0.05) is 28.3 Å². The number of nitrogens with one attached hydrogen (secondary N) is 1. The third kappa shape index (κ3) is 3.32. The fraction of sp³-hybridized carbons (Fsp3) is 0.154. The maximum Gasteiger partial charge on any atom is 0.322 e. The van der Waals surface area contributed by atoms with Gasteiger partial charge in [-0.2, -0.15) is 0 Å². The van der Waals surface area contributed by atoms with E-state index < -0.39 is 5.91 Å². The average Bonchev–Trinajstić information content (AvgIpc) is 2.95. The molecule has 1 aromatic carbocycles. The van der Waals surface area contributed by atoms with Gasteiger partial charge in [0.25, 0.3) is 11.8 Å². The van der Waals surface area contributed by atoms with Gasteiger partial charge in [0.15, 0.2) is 0 Å². The van der Waals surface area contributed by atoms with Crippen LogP contribution in [0, 0.1) is 0 Å². The van der Waals surface area contributed by atoms with E-state index in [1.807, 2.05) is 0 Å². The van der Waals surface area contributed by atoms with Crippen molar-refractivity contribution in [1.29, 1.82) is 0 Å². The van der Waals surface area contributed by atoms with Crippen LogP contribution in [0.5, 0.6) is 0 Å². The summed E-state index contributed by atoms with van der Waals surface area (Å²) in [4.78, 5) is 12.1. The summed E-state index contributed by atoms with van der Waals surface area (Å²) >= 11 is 11.7. The quantitative estimate of drug-likeness (QED) is 0.923. The molecule has 0 atom stereocenters. The Morgan fingerprint density at radius 3 is 2.59 bits per heavy atom. The number of carbonyl (C=O) groups is 1. The second kappa shape index (κ2) is 6.25. The van der Waals surface area contributed by atoms with Gasteiger partial charge in [-0.3, -0.25) is 10.1 Å². The molecule has 0 unspecified atom stereocenters. The lowest BCUT2D eigenvalue weighted by Crippen LogP contribution is -2.12. The number of ether oxygens (including phenoxy) is 2. The van der Waals surface area contributed by atoms with Gasteiger partial charge in [0.05, 0.1) is 0 Å². The number of rotatable bonds is 3. The molecule has 0 bridgehead atoms. The predicted molar refractivity (Wildman–Crippen MR) is 78.6 cm³/mol. The molecule has 1 amide bonds. The van der Waals surface area contributed by atoms with Crippen LogP contribution in [0.25, 0.3) is 5.76 Å². The molecule has 2 heterocycles. The van der Waals surface area contributed by atoms with Gasteiger partial charge in [0.2, 0.25) is 5.76 Å². The summed E-state index contributed by atoms with van der Waals surface area (Å²) in [5.74, 6) is -0.0569. The van der Waals surface area contributed by atoms with Crippen LogP contribution in [-0.2, 0) is 9.47 Å². The molecule has 1 aliphatic heterocycles. The number of hydrogen-bond donors (Lipinski definition) is 1. The number of hydrogen-bond acceptors (Lipinski definition) is 6. The zero-order valence-electron chi connectivity index (χ0n) is 11.0. The van der Waals surface area contributed by atoms with Crippen molar-refractivity contribution in [3.63, 3.8) is 0 Å². The van der Waals surface area contributed by atoms with Crippen molar-refractivity contribution >= 4 is 40.9 Å². The third-order valence-corrected chi connectivity index (χ3v) is 3.07.